The second kappa shape index (κ2) is 7.97. The van der Waals surface area contributed by atoms with Crippen LogP contribution in [0.5, 0.6) is 5.75 Å². The highest BCUT2D eigenvalue weighted by molar-refractivity contribution is 7.13. The van der Waals surface area contributed by atoms with Gasteiger partial charge in [-0.15, -0.1) is 11.3 Å². The molecule has 0 atom stereocenters. The van der Waals surface area contributed by atoms with Gasteiger partial charge in [0.15, 0.2) is 0 Å². The van der Waals surface area contributed by atoms with Gasteiger partial charge in [0.2, 0.25) is 0 Å². The van der Waals surface area contributed by atoms with E-state index in [1.165, 1.54) is 11.3 Å². The molecule has 1 aromatic carbocycles. The molecule has 0 aliphatic carbocycles. The SMILES string of the molecule is COc1ccccc1-c1nc(C(=O)NCc2ccnc(N(C)C)c2)cs1. The summed E-state index contributed by atoms with van der Waals surface area (Å²) in [5.41, 5.74) is 2.26. The van der Waals surface area contributed by atoms with Crippen molar-refractivity contribution >= 4 is 23.1 Å². The molecule has 26 heavy (non-hydrogen) atoms. The van der Waals surface area contributed by atoms with Crippen LogP contribution in [0.3, 0.4) is 0 Å². The maximum absolute atomic E-state index is 12.4. The molecule has 3 rings (SSSR count). The second-order valence-corrected chi connectivity index (χ2v) is 6.70. The first-order valence-electron chi connectivity index (χ1n) is 8.08. The minimum atomic E-state index is -0.203. The monoisotopic (exact) mass is 368 g/mol. The zero-order valence-corrected chi connectivity index (χ0v) is 15.7. The highest BCUT2D eigenvalue weighted by atomic mass is 32.1. The summed E-state index contributed by atoms with van der Waals surface area (Å²) in [5, 5.41) is 5.42. The van der Waals surface area contributed by atoms with Crippen LogP contribution in [0.15, 0.2) is 48.0 Å². The molecule has 0 saturated heterocycles. The molecule has 0 radical (unpaired) electrons. The van der Waals surface area contributed by atoms with Crippen molar-refractivity contribution in [1.29, 1.82) is 0 Å². The van der Waals surface area contributed by atoms with Crippen molar-refractivity contribution in [3.05, 3.63) is 59.2 Å². The Bertz CT molecular complexity index is 908. The number of nitrogens with zero attached hydrogens (tertiary/aromatic N) is 3. The summed E-state index contributed by atoms with van der Waals surface area (Å²) in [6.07, 6.45) is 1.74. The van der Waals surface area contributed by atoms with Crippen LogP contribution >= 0.6 is 11.3 Å². The predicted octanol–water partition coefficient (Wildman–Crippen LogP) is 3.21. The van der Waals surface area contributed by atoms with Gasteiger partial charge in [-0.25, -0.2) is 9.97 Å². The molecule has 1 N–H and O–H groups in total. The first-order valence-corrected chi connectivity index (χ1v) is 8.96. The van der Waals surface area contributed by atoms with E-state index in [1.54, 1.807) is 18.7 Å². The summed E-state index contributed by atoms with van der Waals surface area (Å²) in [6, 6.07) is 11.5. The number of methoxy groups -OCH3 is 1. The van der Waals surface area contributed by atoms with E-state index in [4.69, 9.17) is 4.74 Å². The number of anilines is 1. The molecular weight excluding hydrogens is 348 g/mol. The van der Waals surface area contributed by atoms with Gasteiger partial charge >= 0.3 is 0 Å². The summed E-state index contributed by atoms with van der Waals surface area (Å²) >= 11 is 1.42. The molecule has 0 aliphatic heterocycles. The van der Waals surface area contributed by atoms with Crippen LogP contribution in [-0.2, 0) is 6.54 Å². The van der Waals surface area contributed by atoms with Crippen molar-refractivity contribution in [2.75, 3.05) is 26.1 Å². The number of carbonyl (C=O) groups is 1. The van der Waals surface area contributed by atoms with Crippen LogP contribution in [0.2, 0.25) is 0 Å². The van der Waals surface area contributed by atoms with Gasteiger partial charge in [-0.3, -0.25) is 4.79 Å². The van der Waals surface area contributed by atoms with E-state index < -0.39 is 0 Å². The molecule has 3 aromatic rings. The quantitative estimate of drug-likeness (QED) is 0.724. The van der Waals surface area contributed by atoms with Gasteiger partial charge in [0, 0.05) is 32.2 Å². The second-order valence-electron chi connectivity index (χ2n) is 5.84. The van der Waals surface area contributed by atoms with Gasteiger partial charge in [-0.05, 0) is 29.8 Å². The fourth-order valence-corrected chi connectivity index (χ4v) is 3.24. The molecule has 0 fully saturated rings. The number of amides is 1. The Kier molecular flexibility index (Phi) is 5.48. The van der Waals surface area contributed by atoms with Crippen LogP contribution in [0, 0.1) is 0 Å². The number of carbonyl (C=O) groups excluding carboxylic acids is 1. The number of para-hydroxylation sites is 1. The predicted molar refractivity (Wildman–Crippen MR) is 104 cm³/mol. The molecule has 6 nitrogen and oxygen atoms in total. The maximum atomic E-state index is 12.4. The molecule has 0 saturated carbocycles. The number of thiazole rings is 1. The first kappa shape index (κ1) is 17.9. The highest BCUT2D eigenvalue weighted by Gasteiger charge is 2.14. The fourth-order valence-electron chi connectivity index (χ4n) is 2.41. The number of benzene rings is 1. The summed E-state index contributed by atoms with van der Waals surface area (Å²) < 4.78 is 5.36. The molecule has 7 heteroatoms. The van der Waals surface area contributed by atoms with Crippen LogP contribution in [-0.4, -0.2) is 37.1 Å². The minimum Gasteiger partial charge on any atom is -0.496 e. The Morgan fingerprint density at radius 3 is 2.85 bits per heavy atom. The van der Waals surface area contributed by atoms with Crippen LogP contribution in [0.1, 0.15) is 16.1 Å². The molecule has 0 unspecified atom stereocenters. The van der Waals surface area contributed by atoms with Gasteiger partial charge in [0.25, 0.3) is 5.91 Å². The highest BCUT2D eigenvalue weighted by Crippen LogP contribution is 2.31. The number of aromatic nitrogens is 2. The summed E-state index contributed by atoms with van der Waals surface area (Å²) in [4.78, 5) is 23.1. The third-order valence-corrected chi connectivity index (χ3v) is 4.67. The summed E-state index contributed by atoms with van der Waals surface area (Å²) in [6.45, 7) is 0.420. The lowest BCUT2D eigenvalue weighted by Crippen LogP contribution is -2.23. The summed E-state index contributed by atoms with van der Waals surface area (Å²) in [7, 11) is 5.48. The van der Waals surface area contributed by atoms with E-state index in [1.807, 2.05) is 55.4 Å². The molecule has 0 bridgehead atoms. The fraction of sp³-hybridized carbons (Fsp3) is 0.211. The molecule has 0 aliphatic rings. The van der Waals surface area contributed by atoms with Crippen molar-refractivity contribution < 1.29 is 9.53 Å². The van der Waals surface area contributed by atoms with E-state index >= 15 is 0 Å². The van der Waals surface area contributed by atoms with E-state index in [9.17, 15) is 4.79 Å². The lowest BCUT2D eigenvalue weighted by atomic mass is 10.2. The van der Waals surface area contributed by atoms with Crippen LogP contribution < -0.4 is 15.0 Å². The third-order valence-electron chi connectivity index (χ3n) is 3.80. The molecule has 134 valence electrons. The Labute approximate surface area is 156 Å². The van der Waals surface area contributed by atoms with Gasteiger partial charge in [0.1, 0.15) is 22.3 Å². The Morgan fingerprint density at radius 1 is 1.27 bits per heavy atom. The Balaban J connectivity index is 1.70. The normalized spacial score (nSPS) is 10.4. The number of pyridine rings is 1. The Hall–Kier alpha value is -2.93. The van der Waals surface area contributed by atoms with Gasteiger partial charge in [-0.1, -0.05) is 12.1 Å². The smallest absolute Gasteiger partial charge is 0.271 e. The number of nitrogens with one attached hydrogen (secondary N) is 1. The van der Waals surface area contributed by atoms with Gasteiger partial charge in [-0.2, -0.15) is 0 Å². The Morgan fingerprint density at radius 2 is 2.08 bits per heavy atom. The average Bonchev–Trinajstić information content (AvgIpc) is 3.16. The third kappa shape index (κ3) is 4.00. The van der Waals surface area contributed by atoms with E-state index in [-0.39, 0.29) is 5.91 Å². The van der Waals surface area contributed by atoms with Crippen molar-refractivity contribution in [3.8, 4) is 16.3 Å². The van der Waals surface area contributed by atoms with E-state index in [2.05, 4.69) is 15.3 Å². The molecule has 0 spiro atoms. The topological polar surface area (TPSA) is 67.3 Å². The lowest BCUT2D eigenvalue weighted by molar-refractivity contribution is 0.0946. The zero-order chi connectivity index (χ0) is 18.5. The molecular formula is C19H20N4O2S. The largest absolute Gasteiger partial charge is 0.496 e. The van der Waals surface area contributed by atoms with Crippen LogP contribution in [0.25, 0.3) is 10.6 Å². The molecule has 1 amide bonds. The van der Waals surface area contributed by atoms with Crippen molar-refractivity contribution in [3.63, 3.8) is 0 Å². The number of ether oxygens (including phenoxy) is 1. The van der Waals surface area contributed by atoms with E-state index in [0.29, 0.717) is 12.2 Å². The standard InChI is InChI=1S/C19H20N4O2S/c1-23(2)17-10-13(8-9-20-17)11-21-18(24)15-12-26-19(22-15)14-6-4-5-7-16(14)25-3/h4-10,12H,11H2,1-3H3,(H,21,24). The van der Waals surface area contributed by atoms with Gasteiger partial charge < -0.3 is 15.0 Å². The summed E-state index contributed by atoms with van der Waals surface area (Å²) in [5.74, 6) is 1.39. The molecule has 2 aromatic heterocycles. The first-order chi connectivity index (χ1) is 12.6. The molecule has 2 heterocycles. The van der Waals surface area contributed by atoms with Crippen LogP contribution in [0.4, 0.5) is 5.82 Å². The van der Waals surface area contributed by atoms with Crippen molar-refractivity contribution in [1.82, 2.24) is 15.3 Å². The average molecular weight is 368 g/mol. The number of hydrogen-bond donors (Lipinski definition) is 1. The number of rotatable bonds is 6. The lowest BCUT2D eigenvalue weighted by Gasteiger charge is -2.12. The minimum absolute atomic E-state index is 0.203. The van der Waals surface area contributed by atoms with Crippen molar-refractivity contribution in [2.45, 2.75) is 6.54 Å². The van der Waals surface area contributed by atoms with Gasteiger partial charge in [0.05, 0.1) is 12.7 Å². The maximum Gasteiger partial charge on any atom is 0.271 e. The van der Waals surface area contributed by atoms with E-state index in [0.717, 1.165) is 27.7 Å². The zero-order valence-electron chi connectivity index (χ0n) is 14.9. The number of hydrogen-bond acceptors (Lipinski definition) is 6. The van der Waals surface area contributed by atoms with Crippen molar-refractivity contribution in [2.24, 2.45) is 0 Å².